The van der Waals surface area contributed by atoms with E-state index in [9.17, 15) is 0 Å². The molecule has 0 unspecified atom stereocenters. The Labute approximate surface area is 237 Å². The molecule has 8 aromatic carbocycles. The largest absolute Gasteiger partial charge is 0.309 e. The maximum Gasteiger partial charge on any atom is 0.0541 e. The van der Waals surface area contributed by atoms with E-state index in [0.29, 0.717) is 0 Å². The van der Waals surface area contributed by atoms with E-state index in [-0.39, 0.29) is 0 Å². The maximum absolute atomic E-state index is 2.40. The van der Waals surface area contributed by atoms with E-state index in [4.69, 9.17) is 0 Å². The zero-order chi connectivity index (χ0) is 26.9. The monoisotopic (exact) mass is 519 g/mol. The van der Waals surface area contributed by atoms with Crippen molar-refractivity contribution in [3.05, 3.63) is 152 Å². The van der Waals surface area contributed by atoms with Gasteiger partial charge in [-0.1, -0.05) is 127 Å². The highest BCUT2D eigenvalue weighted by atomic mass is 15.0. The highest BCUT2D eigenvalue weighted by Gasteiger charge is 2.16. The molecule has 0 amide bonds. The molecule has 9 rings (SSSR count). The first-order valence-corrected chi connectivity index (χ1v) is 14.2. The van der Waals surface area contributed by atoms with Crippen molar-refractivity contribution in [3.8, 4) is 27.9 Å². The van der Waals surface area contributed by atoms with Crippen LogP contribution < -0.4 is 0 Å². The summed E-state index contributed by atoms with van der Waals surface area (Å²) in [5.74, 6) is 0. The van der Waals surface area contributed by atoms with E-state index in [1.54, 1.807) is 0 Å². The van der Waals surface area contributed by atoms with Crippen LogP contribution in [0.4, 0.5) is 0 Å². The first kappa shape index (κ1) is 22.4. The van der Waals surface area contributed by atoms with E-state index in [2.05, 4.69) is 156 Å². The molecular weight excluding hydrogens is 494 g/mol. The van der Waals surface area contributed by atoms with Crippen molar-refractivity contribution < 1.29 is 0 Å². The third-order valence-corrected chi connectivity index (χ3v) is 8.74. The fourth-order valence-electron chi connectivity index (χ4n) is 6.94. The number of rotatable bonds is 3. The van der Waals surface area contributed by atoms with Crippen molar-refractivity contribution in [1.82, 2.24) is 4.57 Å². The van der Waals surface area contributed by atoms with Crippen LogP contribution in [0.5, 0.6) is 0 Å². The van der Waals surface area contributed by atoms with Crippen molar-refractivity contribution in [2.24, 2.45) is 0 Å². The van der Waals surface area contributed by atoms with E-state index in [0.717, 1.165) is 0 Å². The number of aromatic nitrogens is 1. The molecule has 1 aromatic heterocycles. The molecule has 0 bridgehead atoms. The lowest BCUT2D eigenvalue weighted by Crippen LogP contribution is -1.94. The smallest absolute Gasteiger partial charge is 0.0541 e. The predicted octanol–water partition coefficient (Wildman–Crippen LogP) is 11.0. The summed E-state index contributed by atoms with van der Waals surface area (Å²) in [6.45, 7) is 0. The summed E-state index contributed by atoms with van der Waals surface area (Å²) in [7, 11) is 0. The van der Waals surface area contributed by atoms with Gasteiger partial charge in [-0.25, -0.2) is 0 Å². The molecule has 0 N–H and O–H groups in total. The summed E-state index contributed by atoms with van der Waals surface area (Å²) in [6.07, 6.45) is 0. The molecule has 0 aliphatic carbocycles. The van der Waals surface area contributed by atoms with Crippen LogP contribution in [0.15, 0.2) is 152 Å². The zero-order valence-electron chi connectivity index (χ0n) is 22.4. The van der Waals surface area contributed by atoms with Crippen LogP contribution in [0.3, 0.4) is 0 Å². The lowest BCUT2D eigenvalue weighted by atomic mass is 9.87. The number of fused-ring (bicyclic) bond motifs is 3. The van der Waals surface area contributed by atoms with Gasteiger partial charge in [0.1, 0.15) is 0 Å². The number of benzene rings is 8. The fourth-order valence-corrected chi connectivity index (χ4v) is 6.94. The minimum absolute atomic E-state index is 1.18. The summed E-state index contributed by atoms with van der Waals surface area (Å²) in [6, 6.07) is 55.5. The van der Waals surface area contributed by atoms with Gasteiger partial charge in [0.2, 0.25) is 0 Å². The van der Waals surface area contributed by atoms with Crippen LogP contribution in [0.1, 0.15) is 0 Å². The minimum atomic E-state index is 1.18. The number of nitrogens with zero attached hydrogens (tertiary/aromatic N) is 1. The van der Waals surface area contributed by atoms with Gasteiger partial charge in [-0.05, 0) is 78.8 Å². The molecule has 0 aliphatic rings. The van der Waals surface area contributed by atoms with Gasteiger partial charge in [0, 0.05) is 16.5 Å². The molecule has 0 fully saturated rings. The van der Waals surface area contributed by atoms with Gasteiger partial charge >= 0.3 is 0 Å². The second kappa shape index (κ2) is 8.55. The number of hydrogen-bond donors (Lipinski definition) is 0. The van der Waals surface area contributed by atoms with Crippen LogP contribution >= 0.6 is 0 Å². The molecule has 41 heavy (non-hydrogen) atoms. The molecule has 0 saturated carbocycles. The van der Waals surface area contributed by atoms with Gasteiger partial charge in [0.25, 0.3) is 0 Å². The third kappa shape index (κ3) is 3.24. The Morgan fingerprint density at radius 3 is 1.49 bits per heavy atom. The van der Waals surface area contributed by atoms with E-state index < -0.39 is 0 Å². The quantitative estimate of drug-likeness (QED) is 0.205. The Morgan fingerprint density at radius 1 is 0.341 bits per heavy atom. The Bertz CT molecular complexity index is 2360. The molecule has 190 valence electrons. The minimum Gasteiger partial charge on any atom is -0.309 e. The molecule has 0 aliphatic heterocycles. The molecule has 0 saturated heterocycles. The lowest BCUT2D eigenvalue weighted by molar-refractivity contribution is 1.18. The third-order valence-electron chi connectivity index (χ3n) is 8.74. The average Bonchev–Trinajstić information content (AvgIpc) is 3.38. The van der Waals surface area contributed by atoms with Gasteiger partial charge in [0.15, 0.2) is 0 Å². The molecule has 0 atom stereocenters. The van der Waals surface area contributed by atoms with Crippen molar-refractivity contribution in [2.75, 3.05) is 0 Å². The average molecular weight is 520 g/mol. The lowest BCUT2D eigenvalue weighted by Gasteiger charge is -2.17. The standard InChI is InChI=1S/C40H25N/c1-2-9-26(10-3-1)31-21-17-27-20-24-36-32(22-18-28-19-23-35(31)39(27)40(28)36)29-11-8-12-30(25-29)41-37-15-6-4-13-33(37)34-14-5-7-16-38(34)41/h1-25H. The second-order valence-electron chi connectivity index (χ2n) is 10.9. The number of hydrogen-bond acceptors (Lipinski definition) is 0. The molecule has 1 heterocycles. The van der Waals surface area contributed by atoms with Gasteiger partial charge in [-0.15, -0.1) is 0 Å². The molecule has 1 heteroatoms. The summed E-state index contributed by atoms with van der Waals surface area (Å²) < 4.78 is 2.40. The number of para-hydroxylation sites is 2. The van der Waals surface area contributed by atoms with Crippen molar-refractivity contribution in [3.63, 3.8) is 0 Å². The van der Waals surface area contributed by atoms with Gasteiger partial charge in [-0.3, -0.25) is 0 Å². The van der Waals surface area contributed by atoms with Gasteiger partial charge in [0.05, 0.1) is 11.0 Å². The summed E-state index contributed by atoms with van der Waals surface area (Å²) in [5, 5.41) is 10.4. The molecule has 0 radical (unpaired) electrons. The summed E-state index contributed by atoms with van der Waals surface area (Å²) in [4.78, 5) is 0. The molecular formula is C40H25N. The predicted molar refractivity (Wildman–Crippen MR) is 175 cm³/mol. The Balaban J connectivity index is 1.30. The maximum atomic E-state index is 2.40. The van der Waals surface area contributed by atoms with Crippen LogP contribution in [0.2, 0.25) is 0 Å². The SMILES string of the molecule is c1ccc(-c2ccc3ccc4c(-c5cccc(-n6c7ccccc7c7ccccc76)c5)ccc5ccc2c3c54)cc1. The highest BCUT2D eigenvalue weighted by Crippen LogP contribution is 2.42. The molecule has 0 spiro atoms. The Hall–Kier alpha value is -5.40. The van der Waals surface area contributed by atoms with Crippen LogP contribution in [0, 0.1) is 0 Å². The Morgan fingerprint density at radius 2 is 0.854 bits per heavy atom. The normalized spacial score (nSPS) is 11.9. The van der Waals surface area contributed by atoms with Crippen molar-refractivity contribution >= 4 is 54.1 Å². The second-order valence-corrected chi connectivity index (χ2v) is 10.9. The van der Waals surface area contributed by atoms with Crippen LogP contribution in [0.25, 0.3) is 82.1 Å². The van der Waals surface area contributed by atoms with Gasteiger partial charge in [-0.2, -0.15) is 0 Å². The van der Waals surface area contributed by atoms with E-state index in [1.165, 1.54) is 82.1 Å². The first-order valence-electron chi connectivity index (χ1n) is 14.2. The van der Waals surface area contributed by atoms with Crippen molar-refractivity contribution in [2.45, 2.75) is 0 Å². The molecule has 9 aromatic rings. The zero-order valence-corrected chi connectivity index (χ0v) is 22.4. The summed E-state index contributed by atoms with van der Waals surface area (Å²) in [5.41, 5.74) is 8.67. The van der Waals surface area contributed by atoms with Crippen molar-refractivity contribution in [1.29, 1.82) is 0 Å². The Kier molecular flexibility index (Phi) is 4.67. The topological polar surface area (TPSA) is 4.93 Å². The fraction of sp³-hybridized carbons (Fsp3) is 0. The van der Waals surface area contributed by atoms with Gasteiger partial charge < -0.3 is 4.57 Å². The molecule has 1 nitrogen and oxygen atoms in total. The summed E-state index contributed by atoms with van der Waals surface area (Å²) >= 11 is 0. The van der Waals surface area contributed by atoms with E-state index >= 15 is 0 Å². The van der Waals surface area contributed by atoms with Crippen LogP contribution in [-0.4, -0.2) is 4.57 Å². The van der Waals surface area contributed by atoms with E-state index in [1.807, 2.05) is 0 Å². The van der Waals surface area contributed by atoms with Crippen LogP contribution in [-0.2, 0) is 0 Å². The highest BCUT2D eigenvalue weighted by molar-refractivity contribution is 6.27. The first-order chi connectivity index (χ1) is 20.3.